The number of esters is 1. The van der Waals surface area contributed by atoms with E-state index in [0.29, 0.717) is 11.4 Å². The van der Waals surface area contributed by atoms with Crippen LogP contribution in [0.4, 0.5) is 5.69 Å². The molecule has 0 saturated carbocycles. The van der Waals surface area contributed by atoms with Crippen molar-refractivity contribution in [2.75, 3.05) is 24.6 Å². The summed E-state index contributed by atoms with van der Waals surface area (Å²) in [6.45, 7) is 0.422. The number of sulfonamides is 1. The normalized spacial score (nSPS) is 13.9. The molecule has 0 unspecified atom stereocenters. The highest BCUT2D eigenvalue weighted by Gasteiger charge is 2.30. The van der Waals surface area contributed by atoms with Crippen LogP contribution in [0.2, 0.25) is 0 Å². The van der Waals surface area contributed by atoms with Crippen molar-refractivity contribution in [1.29, 1.82) is 0 Å². The second-order valence-electron chi connectivity index (χ2n) is 4.91. The zero-order chi connectivity index (χ0) is 16.4. The lowest BCUT2D eigenvalue weighted by Gasteiger charge is -2.30. The quantitative estimate of drug-likeness (QED) is 0.804. The van der Waals surface area contributed by atoms with Crippen molar-refractivity contribution in [2.24, 2.45) is 0 Å². The van der Waals surface area contributed by atoms with Crippen molar-refractivity contribution in [3.05, 3.63) is 54.1 Å². The minimum absolute atomic E-state index is 0.175. The molecule has 3 rings (SSSR count). The molecule has 0 spiro atoms. The topological polar surface area (TPSA) is 72.9 Å². The molecule has 2 aromatic carbocycles. The Bertz CT molecular complexity index is 833. The summed E-state index contributed by atoms with van der Waals surface area (Å²) in [5.41, 5.74) is 0.605. The largest absolute Gasteiger partial charge is 0.489 e. The molecule has 0 bridgehead atoms. The van der Waals surface area contributed by atoms with Crippen LogP contribution in [0.5, 0.6) is 5.75 Å². The highest BCUT2D eigenvalue weighted by molar-refractivity contribution is 7.92. The Morgan fingerprint density at radius 1 is 1.17 bits per heavy atom. The van der Waals surface area contributed by atoms with Gasteiger partial charge >= 0.3 is 5.97 Å². The number of hydrogen-bond acceptors (Lipinski definition) is 5. The van der Waals surface area contributed by atoms with Crippen LogP contribution >= 0.6 is 0 Å². The fraction of sp³-hybridized carbons (Fsp3) is 0.188. The Hall–Kier alpha value is -2.54. The van der Waals surface area contributed by atoms with E-state index in [1.54, 1.807) is 30.3 Å². The van der Waals surface area contributed by atoms with Gasteiger partial charge in [-0.05, 0) is 30.3 Å². The molecule has 0 atom stereocenters. The lowest BCUT2D eigenvalue weighted by molar-refractivity contribution is 0.0600. The SMILES string of the molecule is COC(=O)c1ccc2c(c1)N(S(=O)(=O)c1ccccc1)CCO2. The number of rotatable bonds is 3. The molecule has 23 heavy (non-hydrogen) atoms. The molecule has 1 aliphatic heterocycles. The van der Waals surface area contributed by atoms with Gasteiger partial charge in [0.25, 0.3) is 10.0 Å². The lowest BCUT2D eigenvalue weighted by Crippen LogP contribution is -2.38. The van der Waals surface area contributed by atoms with Crippen LogP contribution in [0.1, 0.15) is 10.4 Å². The maximum Gasteiger partial charge on any atom is 0.337 e. The average molecular weight is 333 g/mol. The first-order valence-electron chi connectivity index (χ1n) is 6.97. The molecule has 1 aliphatic rings. The monoisotopic (exact) mass is 333 g/mol. The summed E-state index contributed by atoms with van der Waals surface area (Å²) in [6, 6.07) is 12.8. The summed E-state index contributed by atoms with van der Waals surface area (Å²) in [5.74, 6) is -0.112. The Morgan fingerprint density at radius 2 is 1.91 bits per heavy atom. The maximum absolute atomic E-state index is 12.9. The number of hydrogen-bond donors (Lipinski definition) is 0. The predicted molar refractivity (Wildman–Crippen MR) is 84.3 cm³/mol. The van der Waals surface area contributed by atoms with E-state index in [0.717, 1.165) is 0 Å². The molecular formula is C16H15NO5S. The van der Waals surface area contributed by atoms with Crippen molar-refractivity contribution in [1.82, 2.24) is 0 Å². The van der Waals surface area contributed by atoms with Gasteiger partial charge in [-0.1, -0.05) is 18.2 Å². The number of ether oxygens (including phenoxy) is 2. The molecule has 0 saturated heterocycles. The zero-order valence-corrected chi connectivity index (χ0v) is 13.2. The van der Waals surface area contributed by atoms with Gasteiger partial charge in [-0.25, -0.2) is 13.2 Å². The third-order valence-corrected chi connectivity index (χ3v) is 5.36. The summed E-state index contributed by atoms with van der Waals surface area (Å²) in [5, 5.41) is 0. The fourth-order valence-corrected chi connectivity index (χ4v) is 3.88. The Balaban J connectivity index is 2.09. The first-order chi connectivity index (χ1) is 11.0. The molecule has 0 radical (unpaired) electrons. The highest BCUT2D eigenvalue weighted by atomic mass is 32.2. The van der Waals surface area contributed by atoms with Gasteiger partial charge in [0.2, 0.25) is 0 Å². The molecule has 120 valence electrons. The number of anilines is 1. The minimum atomic E-state index is -3.72. The number of carbonyl (C=O) groups is 1. The third kappa shape index (κ3) is 2.75. The van der Waals surface area contributed by atoms with E-state index in [1.165, 1.54) is 29.6 Å². The minimum Gasteiger partial charge on any atom is -0.489 e. The average Bonchev–Trinajstić information content (AvgIpc) is 2.60. The number of carbonyl (C=O) groups excluding carboxylic acids is 1. The molecule has 0 aromatic heterocycles. The van der Waals surface area contributed by atoms with Crippen LogP contribution in [-0.2, 0) is 14.8 Å². The summed E-state index contributed by atoms with van der Waals surface area (Å²) in [4.78, 5) is 11.9. The summed E-state index contributed by atoms with van der Waals surface area (Å²) < 4.78 is 37.1. The molecule has 2 aromatic rings. The predicted octanol–water partition coefficient (Wildman–Crippen LogP) is 2.06. The first-order valence-corrected chi connectivity index (χ1v) is 8.41. The van der Waals surface area contributed by atoms with Crippen LogP contribution in [-0.4, -0.2) is 34.6 Å². The Kier molecular flexibility index (Phi) is 3.96. The van der Waals surface area contributed by atoms with Gasteiger partial charge in [0, 0.05) is 0 Å². The van der Waals surface area contributed by atoms with E-state index in [1.807, 2.05) is 0 Å². The molecule has 6 nitrogen and oxygen atoms in total. The summed E-state index contributed by atoms with van der Waals surface area (Å²) >= 11 is 0. The van der Waals surface area contributed by atoms with Crippen molar-refractivity contribution >= 4 is 21.7 Å². The third-order valence-electron chi connectivity index (χ3n) is 3.53. The fourth-order valence-electron chi connectivity index (χ4n) is 2.41. The molecule has 0 amide bonds. The lowest BCUT2D eigenvalue weighted by atomic mass is 10.1. The first kappa shape index (κ1) is 15.4. The maximum atomic E-state index is 12.9. The highest BCUT2D eigenvalue weighted by Crippen LogP contribution is 2.36. The molecule has 0 fully saturated rings. The smallest absolute Gasteiger partial charge is 0.337 e. The number of benzene rings is 2. The van der Waals surface area contributed by atoms with Crippen LogP contribution in [0.25, 0.3) is 0 Å². The van der Waals surface area contributed by atoms with Gasteiger partial charge in [-0.2, -0.15) is 0 Å². The molecule has 0 aliphatic carbocycles. The van der Waals surface area contributed by atoms with E-state index in [4.69, 9.17) is 4.74 Å². The van der Waals surface area contributed by atoms with Gasteiger partial charge in [0.05, 0.1) is 29.8 Å². The van der Waals surface area contributed by atoms with Crippen LogP contribution < -0.4 is 9.04 Å². The number of methoxy groups -OCH3 is 1. The molecule has 7 heteroatoms. The van der Waals surface area contributed by atoms with Gasteiger partial charge in [-0.15, -0.1) is 0 Å². The van der Waals surface area contributed by atoms with Crippen LogP contribution in [0.3, 0.4) is 0 Å². The van der Waals surface area contributed by atoms with Crippen molar-refractivity contribution < 1.29 is 22.7 Å². The molecular weight excluding hydrogens is 318 g/mol. The number of nitrogens with zero attached hydrogens (tertiary/aromatic N) is 1. The number of fused-ring (bicyclic) bond motifs is 1. The van der Waals surface area contributed by atoms with Crippen LogP contribution in [0, 0.1) is 0 Å². The second-order valence-corrected chi connectivity index (χ2v) is 6.78. The Labute approximate surface area is 134 Å². The van der Waals surface area contributed by atoms with Gasteiger partial charge < -0.3 is 9.47 Å². The van der Waals surface area contributed by atoms with E-state index in [2.05, 4.69) is 4.74 Å². The second kappa shape index (κ2) is 5.92. The van der Waals surface area contributed by atoms with Crippen molar-refractivity contribution in [2.45, 2.75) is 4.90 Å². The summed E-state index contributed by atoms with van der Waals surface area (Å²) in [7, 11) is -2.45. The van der Waals surface area contributed by atoms with Crippen molar-refractivity contribution in [3.8, 4) is 5.75 Å². The van der Waals surface area contributed by atoms with Gasteiger partial charge in [-0.3, -0.25) is 4.31 Å². The molecule has 1 heterocycles. The van der Waals surface area contributed by atoms with Crippen molar-refractivity contribution in [3.63, 3.8) is 0 Å². The van der Waals surface area contributed by atoms with Gasteiger partial charge in [0.15, 0.2) is 0 Å². The van der Waals surface area contributed by atoms with Gasteiger partial charge in [0.1, 0.15) is 12.4 Å². The van der Waals surface area contributed by atoms with E-state index < -0.39 is 16.0 Å². The van der Waals surface area contributed by atoms with E-state index in [-0.39, 0.29) is 23.6 Å². The molecule has 0 N–H and O–H groups in total. The standard InChI is InChI=1S/C16H15NO5S/c1-21-16(18)12-7-8-15-14(11-12)17(9-10-22-15)23(19,20)13-5-3-2-4-6-13/h2-8,11H,9-10H2,1H3. The summed E-state index contributed by atoms with van der Waals surface area (Å²) in [6.07, 6.45) is 0. The Morgan fingerprint density at radius 3 is 2.61 bits per heavy atom. The van der Waals surface area contributed by atoms with E-state index >= 15 is 0 Å². The van der Waals surface area contributed by atoms with Crippen LogP contribution in [0.15, 0.2) is 53.4 Å². The zero-order valence-electron chi connectivity index (χ0n) is 12.4. The van der Waals surface area contributed by atoms with E-state index in [9.17, 15) is 13.2 Å².